The van der Waals surface area contributed by atoms with Crippen LogP contribution in [0.25, 0.3) is 0 Å². The van der Waals surface area contributed by atoms with E-state index in [4.69, 9.17) is 4.74 Å². The SMILES string of the molecule is C=CCN(CC(=O)N(Cc1ccc(F)cc1)Cc1sccc1C)C(=O)COC. The number of ether oxygens (including phenoxy) is 1. The maximum Gasteiger partial charge on any atom is 0.249 e. The summed E-state index contributed by atoms with van der Waals surface area (Å²) in [4.78, 5) is 29.4. The molecule has 2 rings (SSSR count). The maximum absolute atomic E-state index is 13.2. The zero-order valence-corrected chi connectivity index (χ0v) is 17.0. The summed E-state index contributed by atoms with van der Waals surface area (Å²) in [6, 6.07) is 8.08. The molecule has 2 aromatic rings. The highest BCUT2D eigenvalue weighted by atomic mass is 32.1. The normalized spacial score (nSPS) is 10.5. The summed E-state index contributed by atoms with van der Waals surface area (Å²) in [5, 5.41) is 1.98. The van der Waals surface area contributed by atoms with Crippen molar-refractivity contribution in [3.63, 3.8) is 0 Å². The molecule has 0 atom stereocenters. The zero-order valence-electron chi connectivity index (χ0n) is 16.2. The number of methoxy groups -OCH3 is 1. The highest BCUT2D eigenvalue weighted by Gasteiger charge is 2.22. The number of rotatable bonds is 10. The van der Waals surface area contributed by atoms with Gasteiger partial charge < -0.3 is 14.5 Å². The molecular formula is C21H25FN2O3S. The maximum atomic E-state index is 13.2. The van der Waals surface area contributed by atoms with Gasteiger partial charge in [0, 0.05) is 25.1 Å². The van der Waals surface area contributed by atoms with Crippen molar-refractivity contribution in [1.82, 2.24) is 9.80 Å². The summed E-state index contributed by atoms with van der Waals surface area (Å²) >= 11 is 1.58. The fourth-order valence-corrected chi connectivity index (χ4v) is 3.59. The third kappa shape index (κ3) is 6.28. The molecule has 0 saturated carbocycles. The predicted molar refractivity (Wildman–Crippen MR) is 108 cm³/mol. The first kappa shape index (κ1) is 21.8. The molecule has 0 radical (unpaired) electrons. The summed E-state index contributed by atoms with van der Waals surface area (Å²) in [6.07, 6.45) is 1.58. The van der Waals surface area contributed by atoms with Crippen molar-refractivity contribution in [2.24, 2.45) is 0 Å². The van der Waals surface area contributed by atoms with Gasteiger partial charge in [-0.1, -0.05) is 18.2 Å². The molecule has 28 heavy (non-hydrogen) atoms. The van der Waals surface area contributed by atoms with Gasteiger partial charge in [-0.25, -0.2) is 4.39 Å². The van der Waals surface area contributed by atoms with Crippen LogP contribution >= 0.6 is 11.3 Å². The molecule has 150 valence electrons. The largest absolute Gasteiger partial charge is 0.375 e. The van der Waals surface area contributed by atoms with Crippen LogP contribution in [0.3, 0.4) is 0 Å². The van der Waals surface area contributed by atoms with E-state index in [0.717, 1.165) is 16.0 Å². The Bertz CT molecular complexity index is 804. The number of halogens is 1. The molecule has 0 aliphatic carbocycles. The first-order valence-electron chi connectivity index (χ1n) is 8.87. The Morgan fingerprint density at radius 3 is 2.43 bits per heavy atom. The summed E-state index contributed by atoms with van der Waals surface area (Å²) in [5.74, 6) is -0.786. The molecule has 0 bridgehead atoms. The van der Waals surface area contributed by atoms with E-state index in [1.165, 1.54) is 24.1 Å². The van der Waals surface area contributed by atoms with E-state index in [9.17, 15) is 14.0 Å². The van der Waals surface area contributed by atoms with Crippen LogP contribution in [-0.2, 0) is 27.4 Å². The lowest BCUT2D eigenvalue weighted by atomic mass is 10.2. The lowest BCUT2D eigenvalue weighted by Crippen LogP contribution is -2.43. The van der Waals surface area contributed by atoms with Gasteiger partial charge in [-0.2, -0.15) is 0 Å². The fourth-order valence-electron chi connectivity index (χ4n) is 2.67. The minimum absolute atomic E-state index is 0.0696. The van der Waals surface area contributed by atoms with Crippen molar-refractivity contribution < 1.29 is 18.7 Å². The second-order valence-corrected chi connectivity index (χ2v) is 7.40. The number of aryl methyl sites for hydroxylation is 1. The first-order valence-corrected chi connectivity index (χ1v) is 9.75. The molecule has 0 unspecified atom stereocenters. The molecule has 0 aliphatic heterocycles. The third-order valence-electron chi connectivity index (χ3n) is 4.24. The van der Waals surface area contributed by atoms with Crippen molar-refractivity contribution in [3.8, 4) is 0 Å². The van der Waals surface area contributed by atoms with E-state index in [2.05, 4.69) is 6.58 Å². The van der Waals surface area contributed by atoms with Crippen LogP contribution < -0.4 is 0 Å². The van der Waals surface area contributed by atoms with Gasteiger partial charge in [0.25, 0.3) is 0 Å². The lowest BCUT2D eigenvalue weighted by molar-refractivity contribution is -0.142. The molecule has 0 aliphatic rings. The van der Waals surface area contributed by atoms with E-state index >= 15 is 0 Å². The average Bonchev–Trinajstić information content (AvgIpc) is 3.07. The number of nitrogens with zero attached hydrogens (tertiary/aromatic N) is 2. The van der Waals surface area contributed by atoms with Gasteiger partial charge in [0.05, 0.1) is 6.54 Å². The molecule has 7 heteroatoms. The molecule has 2 amide bonds. The number of hydrogen-bond donors (Lipinski definition) is 0. The van der Waals surface area contributed by atoms with E-state index in [1.54, 1.807) is 34.4 Å². The highest BCUT2D eigenvalue weighted by Crippen LogP contribution is 2.20. The summed E-state index contributed by atoms with van der Waals surface area (Å²) in [5.41, 5.74) is 1.93. The minimum atomic E-state index is -0.321. The number of benzene rings is 1. The number of hydrogen-bond acceptors (Lipinski definition) is 4. The molecule has 1 aromatic heterocycles. The molecular weight excluding hydrogens is 379 g/mol. The second-order valence-electron chi connectivity index (χ2n) is 6.40. The number of amides is 2. The topological polar surface area (TPSA) is 49.9 Å². The van der Waals surface area contributed by atoms with Crippen LogP contribution in [0.15, 0.2) is 48.4 Å². The third-order valence-corrected chi connectivity index (χ3v) is 5.25. The van der Waals surface area contributed by atoms with Crippen LogP contribution in [0.1, 0.15) is 16.0 Å². The summed E-state index contributed by atoms with van der Waals surface area (Å²) in [6.45, 7) is 6.51. The van der Waals surface area contributed by atoms with E-state index in [-0.39, 0.29) is 37.3 Å². The highest BCUT2D eigenvalue weighted by molar-refractivity contribution is 7.10. The van der Waals surface area contributed by atoms with Crippen molar-refractivity contribution >= 4 is 23.2 Å². The minimum Gasteiger partial charge on any atom is -0.375 e. The van der Waals surface area contributed by atoms with Gasteiger partial charge in [-0.05, 0) is 41.6 Å². The van der Waals surface area contributed by atoms with Crippen LogP contribution in [-0.4, -0.2) is 48.4 Å². The second kappa shape index (κ2) is 10.7. The Labute approximate surface area is 169 Å². The van der Waals surface area contributed by atoms with Crippen molar-refractivity contribution in [2.45, 2.75) is 20.0 Å². The molecule has 1 aromatic carbocycles. The molecule has 0 saturated heterocycles. The standard InChI is InChI=1S/C21H25FN2O3S/c1-4-10-23(21(26)15-27-3)14-20(25)24(13-19-16(2)9-11-28-19)12-17-5-7-18(22)8-6-17/h4-9,11H,1,10,12-15H2,2-3H3. The van der Waals surface area contributed by atoms with Gasteiger partial charge >= 0.3 is 0 Å². The Morgan fingerprint density at radius 2 is 1.86 bits per heavy atom. The monoisotopic (exact) mass is 404 g/mol. The first-order chi connectivity index (χ1) is 13.4. The Kier molecular flexibility index (Phi) is 8.35. The molecule has 1 heterocycles. The quantitative estimate of drug-likeness (QED) is 0.571. The fraction of sp³-hybridized carbons (Fsp3) is 0.333. The number of carbonyl (C=O) groups is 2. The number of carbonyl (C=O) groups excluding carboxylic acids is 2. The number of thiophene rings is 1. The van der Waals surface area contributed by atoms with Gasteiger partial charge in [0.2, 0.25) is 11.8 Å². The van der Waals surface area contributed by atoms with E-state index in [0.29, 0.717) is 13.1 Å². The average molecular weight is 405 g/mol. The summed E-state index contributed by atoms with van der Waals surface area (Å²) < 4.78 is 18.1. The molecule has 0 N–H and O–H groups in total. The van der Waals surface area contributed by atoms with Gasteiger partial charge in [-0.3, -0.25) is 9.59 Å². The van der Waals surface area contributed by atoms with Crippen molar-refractivity contribution in [1.29, 1.82) is 0 Å². The molecule has 5 nitrogen and oxygen atoms in total. The lowest BCUT2D eigenvalue weighted by Gasteiger charge is -2.27. The van der Waals surface area contributed by atoms with Crippen molar-refractivity contribution in [3.05, 3.63) is 70.2 Å². The zero-order chi connectivity index (χ0) is 20.5. The van der Waals surface area contributed by atoms with Gasteiger partial charge in [0.15, 0.2) is 0 Å². The van der Waals surface area contributed by atoms with E-state index in [1.807, 2.05) is 18.4 Å². The molecule has 0 fully saturated rings. The Balaban J connectivity index is 2.19. The van der Waals surface area contributed by atoms with Crippen LogP contribution in [0.2, 0.25) is 0 Å². The smallest absolute Gasteiger partial charge is 0.249 e. The van der Waals surface area contributed by atoms with Crippen LogP contribution in [0, 0.1) is 12.7 Å². The van der Waals surface area contributed by atoms with Crippen LogP contribution in [0.5, 0.6) is 0 Å². The van der Waals surface area contributed by atoms with Gasteiger partial charge in [-0.15, -0.1) is 17.9 Å². The van der Waals surface area contributed by atoms with Crippen LogP contribution in [0.4, 0.5) is 4.39 Å². The summed E-state index contributed by atoms with van der Waals surface area (Å²) in [7, 11) is 1.44. The Hall–Kier alpha value is -2.51. The van der Waals surface area contributed by atoms with Crippen molar-refractivity contribution in [2.75, 3.05) is 26.8 Å². The van der Waals surface area contributed by atoms with E-state index < -0.39 is 0 Å². The Morgan fingerprint density at radius 1 is 1.14 bits per heavy atom. The van der Waals surface area contributed by atoms with Gasteiger partial charge in [0.1, 0.15) is 19.0 Å². The molecule has 0 spiro atoms. The predicted octanol–water partition coefficient (Wildman–Crippen LogP) is 3.39.